The van der Waals surface area contributed by atoms with E-state index in [1.807, 2.05) is 36.2 Å². The lowest BCUT2D eigenvalue weighted by Crippen LogP contribution is -3.00. The average molecular weight is 780 g/mol. The Morgan fingerprint density at radius 1 is 0.596 bits per heavy atom. The Labute approximate surface area is 323 Å². The van der Waals surface area contributed by atoms with E-state index in [4.69, 9.17) is 0 Å². The summed E-state index contributed by atoms with van der Waals surface area (Å²) >= 11 is 0. The predicted octanol–water partition coefficient (Wildman–Crippen LogP) is 6.88. The molecule has 52 heavy (non-hydrogen) atoms. The monoisotopic (exact) mass is 778 g/mol. The third-order valence-corrected chi connectivity index (χ3v) is 14.6. The Bertz CT molecular complexity index is 1700. The molecule has 5 aromatic rings. The average Bonchev–Trinajstić information content (AvgIpc) is 3.18. The maximum atomic E-state index is 13.2. The fourth-order valence-corrected chi connectivity index (χ4v) is 11.5. The van der Waals surface area contributed by atoms with Gasteiger partial charge in [-0.3, -0.25) is 9.59 Å². The summed E-state index contributed by atoms with van der Waals surface area (Å²) < 4.78 is 0. The number of hydrogen-bond donors (Lipinski definition) is 1. The van der Waals surface area contributed by atoms with Crippen LogP contribution in [0.4, 0.5) is 5.69 Å². The number of nitrogens with one attached hydrogen (secondary N) is 1. The minimum Gasteiger partial charge on any atom is -1.00 e. The van der Waals surface area contributed by atoms with Crippen molar-refractivity contribution in [2.45, 2.75) is 77.6 Å². The van der Waals surface area contributed by atoms with Crippen molar-refractivity contribution in [3.8, 4) is 0 Å². The van der Waals surface area contributed by atoms with Gasteiger partial charge in [0.05, 0.1) is 12.7 Å². The van der Waals surface area contributed by atoms with Gasteiger partial charge in [0.2, 0.25) is 5.91 Å². The number of carbonyl (C=O) groups excluding carboxylic acids is 2. The molecule has 0 radical (unpaired) electrons. The molecule has 5 aromatic carbocycles. The van der Waals surface area contributed by atoms with Crippen LogP contribution in [0, 0.1) is 0 Å². The molecule has 0 spiro atoms. The number of unbranched alkanes of at least 4 members (excludes halogenated alkanes) is 8. The number of nitrogens with zero attached hydrogens (tertiary/aromatic N) is 1. The summed E-state index contributed by atoms with van der Waals surface area (Å²) in [5.41, 5.74) is 1.77. The van der Waals surface area contributed by atoms with Crippen LogP contribution in [0.1, 0.15) is 87.9 Å². The van der Waals surface area contributed by atoms with Crippen molar-refractivity contribution >= 4 is 51.3 Å². The number of fused-ring (bicyclic) bond motifs is 1. The second kappa shape index (κ2) is 21.7. The van der Waals surface area contributed by atoms with Gasteiger partial charge in [-0.2, -0.15) is 0 Å². The Balaban J connectivity index is 0.00000605. The van der Waals surface area contributed by atoms with Gasteiger partial charge >= 0.3 is 0 Å². The van der Waals surface area contributed by atoms with Gasteiger partial charge in [0.1, 0.15) is 23.2 Å². The number of hydrogen-bond acceptors (Lipinski definition) is 3. The van der Waals surface area contributed by atoms with Crippen molar-refractivity contribution in [3.63, 3.8) is 0 Å². The molecule has 0 aromatic heterocycles. The maximum absolute atomic E-state index is 13.2. The Kier molecular flexibility index (Phi) is 17.1. The van der Waals surface area contributed by atoms with Gasteiger partial charge in [0.25, 0.3) is 0 Å². The van der Waals surface area contributed by atoms with Crippen molar-refractivity contribution in [3.05, 3.63) is 133 Å². The molecular weight excluding hydrogens is 723 g/mol. The van der Waals surface area contributed by atoms with Gasteiger partial charge < -0.3 is 27.2 Å². The standard InChI is InChI=1S/C46H55N2O2P.BrH/c1-3-4-5-6-7-8-9-10-20-28-45(49)40-30-29-39-36-41(32-31-38(39)35-40)48(2)37-46(50)47-33-21-34-51(42-22-14-11-15-23-42,43-24-16-12-17-25-43)44-26-18-13-19-27-44;/h11-19,22-27,29-32,35-36H,3-10,20-21,28,33-34,37H2,1-2H3;1H. The largest absolute Gasteiger partial charge is 1.00 e. The third-order valence-electron chi connectivity index (χ3n) is 10.1. The Morgan fingerprint density at radius 2 is 1.10 bits per heavy atom. The highest BCUT2D eigenvalue weighted by Gasteiger charge is 2.44. The summed E-state index contributed by atoms with van der Waals surface area (Å²) in [5.74, 6) is 0.242. The Morgan fingerprint density at radius 3 is 1.65 bits per heavy atom. The van der Waals surface area contributed by atoms with Crippen molar-refractivity contribution in [1.82, 2.24) is 5.32 Å². The number of benzene rings is 5. The van der Waals surface area contributed by atoms with Crippen LogP contribution < -0.4 is 43.1 Å². The molecule has 0 bridgehead atoms. The molecule has 1 N–H and O–H groups in total. The number of ketones is 1. The topological polar surface area (TPSA) is 49.4 Å². The van der Waals surface area contributed by atoms with E-state index in [1.165, 1.54) is 60.9 Å². The van der Waals surface area contributed by atoms with Crippen LogP contribution in [-0.4, -0.2) is 38.0 Å². The molecule has 1 amide bonds. The van der Waals surface area contributed by atoms with Crippen molar-refractivity contribution in [2.24, 2.45) is 0 Å². The fourth-order valence-electron chi connectivity index (χ4n) is 7.17. The zero-order chi connectivity index (χ0) is 35.7. The highest BCUT2D eigenvalue weighted by Crippen LogP contribution is 2.55. The minimum absolute atomic E-state index is 0. The molecular formula is C46H56BrN2O2P. The van der Waals surface area contributed by atoms with Crippen LogP contribution in [0.5, 0.6) is 0 Å². The molecule has 6 heteroatoms. The quantitative estimate of drug-likeness (QED) is 0.0502. The number of Topliss-reactive ketones (excluding diaryl/α,β-unsaturated/α-hetero) is 1. The van der Waals surface area contributed by atoms with E-state index < -0.39 is 7.26 Å². The number of carbonyl (C=O) groups is 2. The van der Waals surface area contributed by atoms with E-state index in [2.05, 4.69) is 115 Å². The zero-order valence-electron chi connectivity index (χ0n) is 31.1. The van der Waals surface area contributed by atoms with Gasteiger partial charge in [-0.05, 0) is 78.2 Å². The number of halogens is 1. The van der Waals surface area contributed by atoms with Gasteiger partial charge in [0.15, 0.2) is 5.78 Å². The molecule has 4 nitrogen and oxygen atoms in total. The number of amides is 1. The summed E-state index contributed by atoms with van der Waals surface area (Å²) in [7, 11) is 0.0396. The van der Waals surface area contributed by atoms with E-state index in [0.29, 0.717) is 13.0 Å². The molecule has 274 valence electrons. The molecule has 0 fully saturated rings. The first-order valence-corrected chi connectivity index (χ1v) is 21.1. The Hall–Kier alpha value is -3.79. The first-order chi connectivity index (χ1) is 25.0. The zero-order valence-corrected chi connectivity index (χ0v) is 33.6. The highest BCUT2D eigenvalue weighted by molar-refractivity contribution is 7.95. The molecule has 0 unspecified atom stereocenters. The second-order valence-electron chi connectivity index (χ2n) is 13.8. The third kappa shape index (κ3) is 11.4. The number of likely N-dealkylation sites (N-methyl/N-ethyl adjacent to an activating group) is 1. The van der Waals surface area contributed by atoms with Crippen molar-refractivity contribution < 1.29 is 26.6 Å². The van der Waals surface area contributed by atoms with Crippen molar-refractivity contribution in [1.29, 1.82) is 0 Å². The van der Waals surface area contributed by atoms with Crippen LogP contribution in [0.2, 0.25) is 0 Å². The van der Waals surface area contributed by atoms with Gasteiger partial charge in [-0.25, -0.2) is 0 Å². The van der Waals surface area contributed by atoms with Crippen LogP contribution in [-0.2, 0) is 4.79 Å². The lowest BCUT2D eigenvalue weighted by atomic mass is 10.00. The molecule has 0 aliphatic rings. The van der Waals surface area contributed by atoms with Crippen LogP contribution >= 0.6 is 7.26 Å². The first kappa shape index (κ1) is 41.0. The van der Waals surface area contributed by atoms with E-state index in [1.54, 1.807) is 0 Å². The summed E-state index contributed by atoms with van der Waals surface area (Å²) in [6, 6.07) is 44.9. The van der Waals surface area contributed by atoms with Gasteiger partial charge in [-0.1, -0.05) is 131 Å². The van der Waals surface area contributed by atoms with Crippen LogP contribution in [0.25, 0.3) is 10.8 Å². The summed E-state index contributed by atoms with van der Waals surface area (Å²) in [4.78, 5) is 28.1. The molecule has 0 atom stereocenters. The summed E-state index contributed by atoms with van der Waals surface area (Å²) in [6.45, 7) is 3.15. The predicted molar refractivity (Wildman–Crippen MR) is 221 cm³/mol. The van der Waals surface area contributed by atoms with Crippen LogP contribution in [0.3, 0.4) is 0 Å². The fraction of sp³-hybridized carbons (Fsp3) is 0.348. The number of rotatable bonds is 21. The molecule has 0 saturated heterocycles. The van der Waals surface area contributed by atoms with E-state index in [-0.39, 0.29) is 35.2 Å². The second-order valence-corrected chi connectivity index (χ2v) is 17.5. The van der Waals surface area contributed by atoms with E-state index in [0.717, 1.165) is 47.4 Å². The lowest BCUT2D eigenvalue weighted by Gasteiger charge is -2.28. The molecule has 0 aliphatic carbocycles. The highest BCUT2D eigenvalue weighted by atomic mass is 79.9. The minimum atomic E-state index is -1.92. The van der Waals surface area contributed by atoms with E-state index >= 15 is 0 Å². The SMILES string of the molecule is CCCCCCCCCCCC(=O)c1ccc2cc(N(C)CC(=O)NCCC[P+](c3ccccc3)(c3ccccc3)c3ccccc3)ccc2c1.[Br-]. The van der Waals surface area contributed by atoms with Crippen molar-refractivity contribution in [2.75, 3.05) is 31.2 Å². The summed E-state index contributed by atoms with van der Waals surface area (Å²) in [5, 5.41) is 9.41. The number of anilines is 1. The van der Waals surface area contributed by atoms with Gasteiger partial charge in [0, 0.05) is 31.3 Å². The molecule has 0 aliphatic heterocycles. The van der Waals surface area contributed by atoms with Crippen LogP contribution in [0.15, 0.2) is 127 Å². The van der Waals surface area contributed by atoms with E-state index in [9.17, 15) is 9.59 Å². The normalized spacial score (nSPS) is 11.2. The lowest BCUT2D eigenvalue weighted by molar-refractivity contribution is -0.119. The first-order valence-electron chi connectivity index (χ1n) is 19.1. The smallest absolute Gasteiger partial charge is 0.239 e. The van der Waals surface area contributed by atoms with Gasteiger partial charge in [-0.15, -0.1) is 0 Å². The molecule has 0 saturated carbocycles. The molecule has 5 rings (SSSR count). The molecule has 0 heterocycles. The summed E-state index contributed by atoms with van der Waals surface area (Å²) in [6.07, 6.45) is 13.7. The maximum Gasteiger partial charge on any atom is 0.239 e.